The summed E-state index contributed by atoms with van der Waals surface area (Å²) in [4.78, 5) is 17.5. The van der Waals surface area contributed by atoms with Crippen molar-refractivity contribution in [2.24, 2.45) is 5.92 Å². The highest BCUT2D eigenvalue weighted by Crippen LogP contribution is 2.30. The molecule has 0 saturated heterocycles. The molecule has 8 nitrogen and oxygen atoms in total. The molecular weight excluding hydrogens is 622 g/mol. The van der Waals surface area contributed by atoms with Gasteiger partial charge in [-0.15, -0.1) is 0 Å². The number of likely N-dealkylation sites (N-methyl/N-ethyl adjacent to an activating group) is 1. The molecule has 0 fully saturated rings. The van der Waals surface area contributed by atoms with Gasteiger partial charge in [-0.1, -0.05) is 73.1 Å². The molecule has 0 radical (unpaired) electrons. The number of anilines is 1. The Bertz CT molecular complexity index is 1730. The maximum Gasteiger partial charge on any atom is 0.261 e. The number of aliphatic hydroxyl groups is 1. The van der Waals surface area contributed by atoms with Crippen LogP contribution in [0.15, 0.2) is 102 Å². The highest BCUT2D eigenvalue weighted by molar-refractivity contribution is 7.92. The molecule has 3 atom stereocenters. The fraction of sp³-hybridized carbons (Fsp3) is 0.306. The third-order valence-electron chi connectivity index (χ3n) is 8.30. The Labute approximate surface area is 276 Å². The van der Waals surface area contributed by atoms with Gasteiger partial charge in [0, 0.05) is 41.8 Å². The molecule has 46 heavy (non-hydrogen) atoms. The van der Waals surface area contributed by atoms with Crippen LogP contribution >= 0.6 is 11.6 Å². The molecule has 0 aromatic heterocycles. The van der Waals surface area contributed by atoms with E-state index in [1.165, 1.54) is 35.4 Å². The molecule has 0 saturated carbocycles. The number of nitrogens with zero attached hydrogens (tertiary/aromatic N) is 2. The number of carbonyl (C=O) groups is 1. The maximum atomic E-state index is 13.6. The van der Waals surface area contributed by atoms with Crippen LogP contribution in [0.25, 0.3) is 11.1 Å². The lowest BCUT2D eigenvalue weighted by molar-refractivity contribution is -0.134. The molecule has 1 amide bonds. The molecule has 5 rings (SSSR count). The number of benzene rings is 4. The van der Waals surface area contributed by atoms with Crippen molar-refractivity contribution in [3.8, 4) is 16.9 Å². The van der Waals surface area contributed by atoms with Crippen molar-refractivity contribution in [3.63, 3.8) is 0 Å². The molecule has 0 unspecified atom stereocenters. The van der Waals surface area contributed by atoms with Crippen LogP contribution in [0.2, 0.25) is 5.02 Å². The summed E-state index contributed by atoms with van der Waals surface area (Å²) in [5.74, 6) is 0.303. The monoisotopic (exact) mass is 661 g/mol. The van der Waals surface area contributed by atoms with Gasteiger partial charge in [-0.05, 0) is 73.1 Å². The Kier molecular flexibility index (Phi) is 10.7. The van der Waals surface area contributed by atoms with Crippen LogP contribution in [0.5, 0.6) is 5.75 Å². The number of aliphatic hydroxyl groups excluding tert-OH is 1. The quantitative estimate of drug-likeness (QED) is 0.214. The first-order chi connectivity index (χ1) is 22.0. The van der Waals surface area contributed by atoms with Gasteiger partial charge < -0.3 is 14.7 Å². The number of hydrogen-bond acceptors (Lipinski definition) is 6. The first-order valence-corrected chi connectivity index (χ1v) is 17.2. The number of fused-ring (bicyclic) bond motifs is 1. The highest BCUT2D eigenvalue weighted by atomic mass is 35.5. The minimum absolute atomic E-state index is 0.000766. The van der Waals surface area contributed by atoms with Gasteiger partial charge in [0.2, 0.25) is 5.91 Å². The summed E-state index contributed by atoms with van der Waals surface area (Å²) in [6.45, 7) is 5.40. The largest absolute Gasteiger partial charge is 0.488 e. The fourth-order valence-electron chi connectivity index (χ4n) is 5.66. The lowest BCUT2D eigenvalue weighted by Crippen LogP contribution is -2.47. The van der Waals surface area contributed by atoms with E-state index in [0.717, 1.165) is 5.56 Å². The Morgan fingerprint density at radius 1 is 1.00 bits per heavy atom. The standard InChI is InChI=1S/C36H40ClN3O5S/c1-25-21-40(26(2)24-41)36(42)20-30-19-32(38-46(43,44)33-16-13-31(37)14-17-33)15-18-34(30)45-35(25)23-39(3)22-27-9-11-29(12-10-27)28-7-5-4-6-8-28/h4-19,25-26,35,38,41H,20-24H2,1-3H3/t25-,26+,35+/m0/s1. The van der Waals surface area contributed by atoms with Crippen molar-refractivity contribution in [2.45, 2.75) is 43.9 Å². The molecule has 0 bridgehead atoms. The second kappa shape index (κ2) is 14.7. The lowest BCUT2D eigenvalue weighted by Gasteiger charge is -2.34. The minimum Gasteiger partial charge on any atom is -0.488 e. The summed E-state index contributed by atoms with van der Waals surface area (Å²) in [6, 6.07) is 29.3. The first-order valence-electron chi connectivity index (χ1n) is 15.3. The van der Waals surface area contributed by atoms with Gasteiger partial charge in [-0.25, -0.2) is 8.42 Å². The predicted octanol–water partition coefficient (Wildman–Crippen LogP) is 6.09. The molecular formula is C36H40ClN3O5S. The number of sulfonamides is 1. The smallest absolute Gasteiger partial charge is 0.261 e. The van der Waals surface area contributed by atoms with Gasteiger partial charge >= 0.3 is 0 Å². The van der Waals surface area contributed by atoms with Gasteiger partial charge in [-0.2, -0.15) is 0 Å². The number of carbonyl (C=O) groups excluding carboxylic acids is 1. The van der Waals surface area contributed by atoms with Crippen LogP contribution in [0, 0.1) is 5.92 Å². The third kappa shape index (κ3) is 8.27. The van der Waals surface area contributed by atoms with Crippen molar-refractivity contribution < 1.29 is 23.1 Å². The molecule has 1 heterocycles. The molecule has 4 aromatic carbocycles. The van der Waals surface area contributed by atoms with E-state index >= 15 is 0 Å². The van der Waals surface area contributed by atoms with Crippen molar-refractivity contribution in [1.29, 1.82) is 0 Å². The normalized spacial score (nSPS) is 17.8. The Hall–Kier alpha value is -3.89. The molecule has 242 valence electrons. The molecule has 10 heteroatoms. The molecule has 1 aliphatic rings. The molecule has 1 aliphatic heterocycles. The topological polar surface area (TPSA) is 99.2 Å². The van der Waals surface area contributed by atoms with Crippen molar-refractivity contribution >= 4 is 33.2 Å². The van der Waals surface area contributed by atoms with Crippen molar-refractivity contribution in [3.05, 3.63) is 113 Å². The van der Waals surface area contributed by atoms with Crippen LogP contribution in [-0.4, -0.2) is 68.1 Å². The van der Waals surface area contributed by atoms with Gasteiger partial charge in [0.05, 0.1) is 24.0 Å². The van der Waals surface area contributed by atoms with E-state index in [1.54, 1.807) is 23.1 Å². The SMILES string of the molecule is C[C@H](CO)N1C[C@H](C)[C@@H](CN(C)Cc2ccc(-c3ccccc3)cc2)Oc2ccc(NS(=O)(=O)c3ccc(Cl)cc3)cc2CC1=O. The molecule has 2 N–H and O–H groups in total. The van der Waals surface area contributed by atoms with Crippen LogP contribution in [0.3, 0.4) is 0 Å². The van der Waals surface area contributed by atoms with E-state index in [-0.39, 0.29) is 41.9 Å². The van der Waals surface area contributed by atoms with Crippen LogP contribution in [0.1, 0.15) is 25.0 Å². The lowest BCUT2D eigenvalue weighted by atomic mass is 10.0. The Morgan fingerprint density at radius 3 is 2.35 bits per heavy atom. The van der Waals surface area contributed by atoms with Gasteiger partial charge in [0.1, 0.15) is 11.9 Å². The summed E-state index contributed by atoms with van der Waals surface area (Å²) in [7, 11) is -1.85. The fourth-order valence-corrected chi connectivity index (χ4v) is 6.83. The second-order valence-corrected chi connectivity index (χ2v) is 14.1. The van der Waals surface area contributed by atoms with Gasteiger partial charge in [0.15, 0.2) is 0 Å². The molecule has 4 aromatic rings. The maximum absolute atomic E-state index is 13.6. The van der Waals surface area contributed by atoms with E-state index in [2.05, 4.69) is 52.9 Å². The van der Waals surface area contributed by atoms with Gasteiger partial charge in [-0.3, -0.25) is 14.4 Å². The van der Waals surface area contributed by atoms with Crippen LogP contribution in [-0.2, 0) is 27.8 Å². The van der Waals surface area contributed by atoms with E-state index < -0.39 is 10.0 Å². The number of hydrogen-bond donors (Lipinski definition) is 2. The third-order valence-corrected chi connectivity index (χ3v) is 9.95. The number of rotatable bonds is 10. The van der Waals surface area contributed by atoms with Crippen LogP contribution in [0.4, 0.5) is 5.69 Å². The van der Waals surface area contributed by atoms with E-state index in [4.69, 9.17) is 16.3 Å². The zero-order chi connectivity index (χ0) is 32.8. The van der Waals surface area contributed by atoms with E-state index in [0.29, 0.717) is 41.7 Å². The Balaban J connectivity index is 1.37. The zero-order valence-corrected chi connectivity index (χ0v) is 27.8. The number of ether oxygens (including phenoxy) is 1. The number of nitrogens with one attached hydrogen (secondary N) is 1. The highest BCUT2D eigenvalue weighted by Gasteiger charge is 2.31. The second-order valence-electron chi connectivity index (χ2n) is 12.0. The average Bonchev–Trinajstić information content (AvgIpc) is 3.08. The van der Waals surface area contributed by atoms with Crippen LogP contribution < -0.4 is 9.46 Å². The summed E-state index contributed by atoms with van der Waals surface area (Å²) in [5, 5.41) is 10.4. The Morgan fingerprint density at radius 2 is 1.67 bits per heavy atom. The zero-order valence-electron chi connectivity index (χ0n) is 26.3. The van der Waals surface area contributed by atoms with Crippen molar-refractivity contribution in [2.75, 3.05) is 31.5 Å². The summed E-state index contributed by atoms with van der Waals surface area (Å²) in [6.07, 6.45) is -0.289. The summed E-state index contributed by atoms with van der Waals surface area (Å²) < 4.78 is 35.4. The summed E-state index contributed by atoms with van der Waals surface area (Å²) >= 11 is 5.94. The van der Waals surface area contributed by atoms with Gasteiger partial charge in [0.25, 0.3) is 10.0 Å². The molecule has 0 aliphatic carbocycles. The van der Waals surface area contributed by atoms with E-state index in [9.17, 15) is 18.3 Å². The number of halogens is 1. The first kappa shape index (κ1) is 33.5. The minimum atomic E-state index is -3.89. The summed E-state index contributed by atoms with van der Waals surface area (Å²) in [5.41, 5.74) is 4.38. The van der Waals surface area contributed by atoms with Crippen molar-refractivity contribution in [1.82, 2.24) is 9.80 Å². The number of amides is 1. The predicted molar refractivity (Wildman–Crippen MR) is 182 cm³/mol. The average molecular weight is 662 g/mol. The van der Waals surface area contributed by atoms with E-state index in [1.807, 2.05) is 32.2 Å². The molecule has 0 spiro atoms.